The standard InChI is InChI=1S/C17H34OS/c1-3-4-5-6-7-8-9-10-11-12-13-17(18)14-16(2)19-15-17/h16,18H,3-15H2,1-2H3. The first-order valence-corrected chi connectivity index (χ1v) is 9.55. The number of aliphatic hydroxyl groups is 1. The SMILES string of the molecule is CCCCCCCCCCCCC1(O)CSC(C)C1. The van der Waals surface area contributed by atoms with Gasteiger partial charge in [-0.25, -0.2) is 0 Å². The molecule has 1 saturated heterocycles. The molecule has 19 heavy (non-hydrogen) atoms. The van der Waals surface area contributed by atoms with E-state index in [4.69, 9.17) is 0 Å². The molecule has 2 atom stereocenters. The molecule has 1 aliphatic rings. The first-order chi connectivity index (χ1) is 9.16. The van der Waals surface area contributed by atoms with Gasteiger partial charge >= 0.3 is 0 Å². The predicted molar refractivity (Wildman–Crippen MR) is 87.9 cm³/mol. The normalized spacial score (nSPS) is 27.0. The van der Waals surface area contributed by atoms with Crippen molar-refractivity contribution < 1.29 is 5.11 Å². The Kier molecular flexibility index (Phi) is 9.23. The molecular formula is C17H34OS. The number of hydrogen-bond acceptors (Lipinski definition) is 2. The number of hydrogen-bond donors (Lipinski definition) is 1. The summed E-state index contributed by atoms with van der Waals surface area (Å²) in [4.78, 5) is 0. The van der Waals surface area contributed by atoms with E-state index in [9.17, 15) is 5.11 Å². The Hall–Kier alpha value is 0.310. The molecule has 1 rings (SSSR count). The highest BCUT2D eigenvalue weighted by atomic mass is 32.2. The van der Waals surface area contributed by atoms with Crippen LogP contribution in [0.3, 0.4) is 0 Å². The van der Waals surface area contributed by atoms with Crippen molar-refractivity contribution in [3.05, 3.63) is 0 Å². The minimum Gasteiger partial charge on any atom is -0.389 e. The van der Waals surface area contributed by atoms with Crippen molar-refractivity contribution in [2.75, 3.05) is 5.75 Å². The Morgan fingerprint density at radius 2 is 1.47 bits per heavy atom. The molecule has 0 aromatic rings. The lowest BCUT2D eigenvalue weighted by atomic mass is 9.93. The van der Waals surface area contributed by atoms with Crippen LogP contribution in [0.15, 0.2) is 0 Å². The Morgan fingerprint density at radius 3 is 1.95 bits per heavy atom. The van der Waals surface area contributed by atoms with Gasteiger partial charge in [-0.05, 0) is 12.8 Å². The molecule has 0 radical (unpaired) electrons. The molecule has 1 N–H and O–H groups in total. The highest BCUT2D eigenvalue weighted by molar-refractivity contribution is 8.00. The van der Waals surface area contributed by atoms with Gasteiger partial charge in [0.15, 0.2) is 0 Å². The molecule has 0 aliphatic carbocycles. The maximum Gasteiger partial charge on any atom is 0.0748 e. The van der Waals surface area contributed by atoms with E-state index in [1.165, 1.54) is 64.2 Å². The molecule has 1 nitrogen and oxygen atoms in total. The first kappa shape index (κ1) is 17.4. The van der Waals surface area contributed by atoms with Crippen LogP contribution in [0.25, 0.3) is 0 Å². The topological polar surface area (TPSA) is 20.2 Å². The van der Waals surface area contributed by atoms with Crippen LogP contribution < -0.4 is 0 Å². The maximum atomic E-state index is 10.4. The van der Waals surface area contributed by atoms with Gasteiger partial charge in [-0.15, -0.1) is 0 Å². The largest absolute Gasteiger partial charge is 0.389 e. The van der Waals surface area contributed by atoms with Crippen molar-refractivity contribution in [2.24, 2.45) is 0 Å². The smallest absolute Gasteiger partial charge is 0.0748 e. The predicted octanol–water partition coefficient (Wildman–Crippen LogP) is 5.55. The van der Waals surface area contributed by atoms with Crippen molar-refractivity contribution in [1.82, 2.24) is 0 Å². The van der Waals surface area contributed by atoms with Crippen molar-refractivity contribution in [2.45, 2.75) is 102 Å². The molecule has 1 aliphatic heterocycles. The van der Waals surface area contributed by atoms with Crippen LogP contribution in [0.5, 0.6) is 0 Å². The number of rotatable bonds is 11. The summed E-state index contributed by atoms with van der Waals surface area (Å²) in [6.07, 6.45) is 15.8. The lowest BCUT2D eigenvalue weighted by Crippen LogP contribution is -2.28. The van der Waals surface area contributed by atoms with E-state index in [0.29, 0.717) is 5.25 Å². The Labute approximate surface area is 124 Å². The van der Waals surface area contributed by atoms with Gasteiger partial charge in [0.1, 0.15) is 0 Å². The van der Waals surface area contributed by atoms with E-state index in [-0.39, 0.29) is 5.60 Å². The van der Waals surface area contributed by atoms with E-state index < -0.39 is 0 Å². The average Bonchev–Trinajstić information content (AvgIpc) is 2.72. The van der Waals surface area contributed by atoms with Crippen LogP contribution in [0, 0.1) is 0 Å². The molecule has 114 valence electrons. The second kappa shape index (κ2) is 10.1. The van der Waals surface area contributed by atoms with Crippen LogP contribution in [-0.4, -0.2) is 21.7 Å². The van der Waals surface area contributed by atoms with Crippen LogP contribution >= 0.6 is 11.8 Å². The van der Waals surface area contributed by atoms with Crippen molar-refractivity contribution >= 4 is 11.8 Å². The highest BCUT2D eigenvalue weighted by Gasteiger charge is 2.34. The highest BCUT2D eigenvalue weighted by Crippen LogP contribution is 2.37. The zero-order valence-electron chi connectivity index (χ0n) is 13.1. The van der Waals surface area contributed by atoms with Crippen LogP contribution in [0.4, 0.5) is 0 Å². The summed E-state index contributed by atoms with van der Waals surface area (Å²) in [6.45, 7) is 4.51. The summed E-state index contributed by atoms with van der Waals surface area (Å²) in [5.74, 6) is 0.964. The molecule has 1 heterocycles. The number of thioether (sulfide) groups is 1. The van der Waals surface area contributed by atoms with E-state index >= 15 is 0 Å². The lowest BCUT2D eigenvalue weighted by molar-refractivity contribution is 0.0519. The van der Waals surface area contributed by atoms with Gasteiger partial charge in [0, 0.05) is 11.0 Å². The monoisotopic (exact) mass is 286 g/mol. The second-order valence-electron chi connectivity index (χ2n) is 6.48. The van der Waals surface area contributed by atoms with Gasteiger partial charge in [-0.1, -0.05) is 78.1 Å². The van der Waals surface area contributed by atoms with E-state index in [1.54, 1.807) is 0 Å². The van der Waals surface area contributed by atoms with Gasteiger partial charge in [0.25, 0.3) is 0 Å². The molecule has 2 unspecified atom stereocenters. The third-order valence-corrected chi connectivity index (χ3v) is 5.74. The third-order valence-electron chi connectivity index (χ3n) is 4.30. The molecule has 0 amide bonds. The summed E-state index contributed by atoms with van der Waals surface area (Å²) in [5, 5.41) is 11.0. The van der Waals surface area contributed by atoms with Gasteiger partial charge in [0.05, 0.1) is 5.60 Å². The Morgan fingerprint density at radius 1 is 0.947 bits per heavy atom. The van der Waals surface area contributed by atoms with Crippen molar-refractivity contribution in [1.29, 1.82) is 0 Å². The van der Waals surface area contributed by atoms with Gasteiger partial charge in [0.2, 0.25) is 0 Å². The fraction of sp³-hybridized carbons (Fsp3) is 1.00. The molecule has 1 fully saturated rings. The third kappa shape index (κ3) is 8.24. The Bertz CT molecular complexity index is 219. The van der Waals surface area contributed by atoms with Crippen LogP contribution in [0.2, 0.25) is 0 Å². The van der Waals surface area contributed by atoms with Crippen molar-refractivity contribution in [3.8, 4) is 0 Å². The summed E-state index contributed by atoms with van der Waals surface area (Å²) in [7, 11) is 0. The molecule has 0 aromatic heterocycles. The molecule has 0 bridgehead atoms. The molecule has 0 saturated carbocycles. The van der Waals surface area contributed by atoms with E-state index in [0.717, 1.165) is 18.6 Å². The van der Waals surface area contributed by atoms with Gasteiger partial charge in [-0.3, -0.25) is 0 Å². The fourth-order valence-corrected chi connectivity index (χ4v) is 4.35. The number of unbranched alkanes of at least 4 members (excludes halogenated alkanes) is 9. The molecular weight excluding hydrogens is 252 g/mol. The fourth-order valence-electron chi connectivity index (χ4n) is 3.07. The molecule has 0 spiro atoms. The van der Waals surface area contributed by atoms with Crippen LogP contribution in [0.1, 0.15) is 90.9 Å². The maximum absolute atomic E-state index is 10.4. The Balaban J connectivity index is 1.84. The van der Waals surface area contributed by atoms with Gasteiger partial charge < -0.3 is 5.11 Å². The quantitative estimate of drug-likeness (QED) is 0.502. The van der Waals surface area contributed by atoms with Crippen molar-refractivity contribution in [3.63, 3.8) is 0 Å². The zero-order chi connectivity index (χ0) is 14.0. The summed E-state index contributed by atoms with van der Waals surface area (Å²) in [5.41, 5.74) is -0.329. The average molecular weight is 287 g/mol. The molecule has 0 aromatic carbocycles. The first-order valence-electron chi connectivity index (χ1n) is 8.50. The van der Waals surface area contributed by atoms with E-state index in [2.05, 4.69) is 13.8 Å². The summed E-state index contributed by atoms with van der Waals surface area (Å²) < 4.78 is 0. The van der Waals surface area contributed by atoms with E-state index in [1.807, 2.05) is 11.8 Å². The minimum absolute atomic E-state index is 0.329. The molecule has 2 heteroatoms. The minimum atomic E-state index is -0.329. The summed E-state index contributed by atoms with van der Waals surface area (Å²) >= 11 is 1.94. The second-order valence-corrected chi connectivity index (χ2v) is 7.91. The zero-order valence-corrected chi connectivity index (χ0v) is 13.9. The van der Waals surface area contributed by atoms with Gasteiger partial charge in [-0.2, -0.15) is 11.8 Å². The van der Waals surface area contributed by atoms with Crippen LogP contribution in [-0.2, 0) is 0 Å². The lowest BCUT2D eigenvalue weighted by Gasteiger charge is -2.21. The summed E-state index contributed by atoms with van der Waals surface area (Å²) in [6, 6.07) is 0.